The molecule has 1 atom stereocenters. The fourth-order valence-electron chi connectivity index (χ4n) is 3.88. The van der Waals surface area contributed by atoms with Crippen molar-refractivity contribution in [3.8, 4) is 0 Å². The standard InChI is InChI=1S/C30H35N3O7/c1-30(2,3)40-29(38)32-18-25(28(37)33-24-13-12-23-17-31-15-14-22(23)16-24)21-10-8-20(9-11-21)19-39-27(36)7-5-4-6-26(34)35/h8-17,25H,4-7,18-19H2,1-3H3,(H,32,38)(H,33,37)(H,34,35)/t25-/m1/s1. The van der Waals surface area contributed by atoms with Gasteiger partial charge in [-0.05, 0) is 68.3 Å². The summed E-state index contributed by atoms with van der Waals surface area (Å²) < 4.78 is 10.6. The van der Waals surface area contributed by atoms with Gasteiger partial charge in [0.15, 0.2) is 0 Å². The predicted octanol–water partition coefficient (Wildman–Crippen LogP) is 5.17. The summed E-state index contributed by atoms with van der Waals surface area (Å²) in [5.41, 5.74) is 1.31. The Morgan fingerprint density at radius 1 is 0.950 bits per heavy atom. The summed E-state index contributed by atoms with van der Waals surface area (Å²) in [5.74, 6) is -2.34. The molecule has 40 heavy (non-hydrogen) atoms. The minimum Gasteiger partial charge on any atom is -0.481 e. The molecule has 0 saturated carbocycles. The average molecular weight is 550 g/mol. The first kappa shape index (κ1) is 30.1. The van der Waals surface area contributed by atoms with Crippen LogP contribution < -0.4 is 10.6 Å². The van der Waals surface area contributed by atoms with E-state index in [1.807, 2.05) is 18.2 Å². The quantitative estimate of drug-likeness (QED) is 0.207. The van der Waals surface area contributed by atoms with E-state index >= 15 is 0 Å². The number of fused-ring (bicyclic) bond motifs is 1. The first-order valence-corrected chi connectivity index (χ1v) is 13.1. The Balaban J connectivity index is 1.67. The average Bonchev–Trinajstić information content (AvgIpc) is 2.89. The third kappa shape index (κ3) is 10.0. The van der Waals surface area contributed by atoms with Crippen LogP contribution in [-0.2, 0) is 30.5 Å². The minimum absolute atomic E-state index is 0.00290. The Kier molecular flexibility index (Phi) is 10.6. The number of nitrogens with zero attached hydrogens (tertiary/aromatic N) is 1. The maximum absolute atomic E-state index is 13.4. The maximum atomic E-state index is 13.4. The van der Waals surface area contributed by atoms with Crippen LogP contribution in [0.1, 0.15) is 63.5 Å². The second kappa shape index (κ2) is 14.1. The Morgan fingerprint density at radius 3 is 2.38 bits per heavy atom. The largest absolute Gasteiger partial charge is 0.481 e. The van der Waals surface area contributed by atoms with Crippen LogP contribution in [0.2, 0.25) is 0 Å². The normalized spacial score (nSPS) is 11.9. The number of aromatic nitrogens is 1. The van der Waals surface area contributed by atoms with Crippen molar-refractivity contribution < 1.29 is 33.8 Å². The zero-order chi connectivity index (χ0) is 29.1. The molecule has 0 aliphatic carbocycles. The number of carbonyl (C=O) groups excluding carboxylic acids is 3. The number of carboxylic acids is 1. The van der Waals surface area contributed by atoms with Crippen LogP contribution in [0.3, 0.4) is 0 Å². The van der Waals surface area contributed by atoms with Crippen LogP contribution in [0.15, 0.2) is 60.9 Å². The number of unbranched alkanes of at least 4 members (excludes halogenated alkanes) is 1. The number of rotatable bonds is 12. The van der Waals surface area contributed by atoms with Crippen molar-refractivity contribution in [2.75, 3.05) is 11.9 Å². The molecule has 0 bridgehead atoms. The highest BCUT2D eigenvalue weighted by atomic mass is 16.6. The zero-order valence-electron chi connectivity index (χ0n) is 22.9. The predicted molar refractivity (Wildman–Crippen MR) is 150 cm³/mol. The molecule has 0 radical (unpaired) electrons. The van der Waals surface area contributed by atoms with Gasteiger partial charge in [-0.25, -0.2) is 4.79 Å². The third-order valence-electron chi connectivity index (χ3n) is 5.88. The Bertz CT molecular complexity index is 1330. The number of pyridine rings is 1. The fourth-order valence-corrected chi connectivity index (χ4v) is 3.88. The van der Waals surface area contributed by atoms with Crippen molar-refractivity contribution in [2.24, 2.45) is 0 Å². The van der Waals surface area contributed by atoms with Crippen molar-refractivity contribution in [1.82, 2.24) is 10.3 Å². The molecule has 212 valence electrons. The fraction of sp³-hybridized carbons (Fsp3) is 0.367. The van der Waals surface area contributed by atoms with Gasteiger partial charge >= 0.3 is 18.0 Å². The highest BCUT2D eigenvalue weighted by Gasteiger charge is 2.24. The number of nitrogens with one attached hydrogen (secondary N) is 2. The number of benzene rings is 2. The zero-order valence-corrected chi connectivity index (χ0v) is 22.9. The van der Waals surface area contributed by atoms with E-state index in [-0.39, 0.29) is 31.9 Å². The summed E-state index contributed by atoms with van der Waals surface area (Å²) in [4.78, 5) is 52.3. The Labute approximate surface area is 233 Å². The lowest BCUT2D eigenvalue weighted by molar-refractivity contribution is -0.145. The van der Waals surface area contributed by atoms with Crippen LogP contribution in [0, 0.1) is 0 Å². The second-order valence-electron chi connectivity index (χ2n) is 10.4. The molecule has 3 rings (SSSR count). The topological polar surface area (TPSA) is 144 Å². The van der Waals surface area contributed by atoms with Crippen LogP contribution in [0.5, 0.6) is 0 Å². The number of hydrogen-bond donors (Lipinski definition) is 3. The lowest BCUT2D eigenvalue weighted by Crippen LogP contribution is -2.37. The van der Waals surface area contributed by atoms with Crippen molar-refractivity contribution in [1.29, 1.82) is 0 Å². The van der Waals surface area contributed by atoms with Crippen molar-refractivity contribution in [3.63, 3.8) is 0 Å². The molecule has 2 aromatic carbocycles. The summed E-state index contributed by atoms with van der Waals surface area (Å²) in [6.45, 7) is 5.33. The Morgan fingerprint density at radius 2 is 1.68 bits per heavy atom. The van der Waals surface area contributed by atoms with E-state index in [1.165, 1.54) is 0 Å². The molecule has 3 N–H and O–H groups in total. The van der Waals surface area contributed by atoms with Crippen LogP contribution in [0.25, 0.3) is 10.8 Å². The summed E-state index contributed by atoms with van der Waals surface area (Å²) in [5, 5.41) is 16.2. The van der Waals surface area contributed by atoms with E-state index in [4.69, 9.17) is 14.6 Å². The number of amides is 2. The molecule has 0 fully saturated rings. The van der Waals surface area contributed by atoms with Gasteiger partial charge in [0.05, 0.1) is 5.92 Å². The molecule has 10 nitrogen and oxygen atoms in total. The molecular weight excluding hydrogens is 514 g/mol. The minimum atomic E-state index is -0.892. The monoisotopic (exact) mass is 549 g/mol. The molecular formula is C30H35N3O7. The number of aliphatic carboxylic acids is 1. The molecule has 2 amide bonds. The van der Waals surface area contributed by atoms with Crippen molar-refractivity contribution in [2.45, 2.75) is 64.6 Å². The van der Waals surface area contributed by atoms with Gasteiger partial charge in [0.1, 0.15) is 12.2 Å². The van der Waals surface area contributed by atoms with E-state index in [0.29, 0.717) is 24.1 Å². The third-order valence-corrected chi connectivity index (χ3v) is 5.88. The molecule has 3 aromatic rings. The highest BCUT2D eigenvalue weighted by Crippen LogP contribution is 2.22. The molecule has 0 unspecified atom stereocenters. The van der Waals surface area contributed by atoms with Gasteiger partial charge in [0.2, 0.25) is 5.91 Å². The molecule has 0 aliphatic heterocycles. The SMILES string of the molecule is CC(C)(C)OC(=O)NC[C@@H](C(=O)Nc1ccc2cnccc2c1)c1ccc(COC(=O)CCCCC(=O)O)cc1. The molecule has 0 spiro atoms. The first-order chi connectivity index (χ1) is 19.0. The highest BCUT2D eigenvalue weighted by molar-refractivity contribution is 5.98. The van der Waals surface area contributed by atoms with Gasteiger partial charge < -0.3 is 25.2 Å². The van der Waals surface area contributed by atoms with Crippen LogP contribution in [0.4, 0.5) is 10.5 Å². The molecule has 1 heterocycles. The number of ether oxygens (including phenoxy) is 2. The van der Waals surface area contributed by atoms with E-state index in [9.17, 15) is 19.2 Å². The van der Waals surface area contributed by atoms with E-state index in [1.54, 1.807) is 63.5 Å². The molecule has 0 saturated heterocycles. The summed E-state index contributed by atoms with van der Waals surface area (Å²) >= 11 is 0. The van der Waals surface area contributed by atoms with Gasteiger partial charge in [-0.3, -0.25) is 19.4 Å². The lowest BCUT2D eigenvalue weighted by Gasteiger charge is -2.22. The maximum Gasteiger partial charge on any atom is 0.407 e. The smallest absolute Gasteiger partial charge is 0.407 e. The number of esters is 1. The van der Waals surface area contributed by atoms with Crippen LogP contribution in [-0.4, -0.2) is 46.2 Å². The summed E-state index contributed by atoms with van der Waals surface area (Å²) in [6.07, 6.45) is 3.82. The van der Waals surface area contributed by atoms with Gasteiger partial charge in [-0.15, -0.1) is 0 Å². The van der Waals surface area contributed by atoms with Crippen molar-refractivity contribution >= 4 is 40.4 Å². The van der Waals surface area contributed by atoms with E-state index in [0.717, 1.165) is 16.3 Å². The molecule has 10 heteroatoms. The second-order valence-corrected chi connectivity index (χ2v) is 10.4. The number of anilines is 1. The first-order valence-electron chi connectivity index (χ1n) is 13.1. The lowest BCUT2D eigenvalue weighted by atomic mass is 9.96. The number of carboxylic acid groups (broad SMARTS) is 1. The van der Waals surface area contributed by atoms with Crippen molar-refractivity contribution in [3.05, 3.63) is 72.1 Å². The van der Waals surface area contributed by atoms with E-state index in [2.05, 4.69) is 15.6 Å². The van der Waals surface area contributed by atoms with E-state index < -0.39 is 29.6 Å². The Hall–Kier alpha value is -4.47. The number of hydrogen-bond acceptors (Lipinski definition) is 7. The van der Waals surface area contributed by atoms with Crippen LogP contribution >= 0.6 is 0 Å². The van der Waals surface area contributed by atoms with Gasteiger partial charge in [-0.2, -0.15) is 0 Å². The number of alkyl carbamates (subject to hydrolysis) is 1. The number of carbonyl (C=O) groups is 4. The van der Waals surface area contributed by atoms with Gasteiger partial charge in [0.25, 0.3) is 0 Å². The summed E-state index contributed by atoms with van der Waals surface area (Å²) in [6, 6.07) is 14.4. The van der Waals surface area contributed by atoms with Gasteiger partial charge in [0, 0.05) is 42.9 Å². The van der Waals surface area contributed by atoms with Gasteiger partial charge in [-0.1, -0.05) is 30.3 Å². The summed E-state index contributed by atoms with van der Waals surface area (Å²) in [7, 11) is 0. The molecule has 0 aliphatic rings. The molecule has 1 aromatic heterocycles.